The van der Waals surface area contributed by atoms with E-state index in [0.717, 1.165) is 44.3 Å². The number of hydrogen-bond acceptors (Lipinski definition) is 4. The molecule has 0 bridgehead atoms. The zero-order valence-corrected chi connectivity index (χ0v) is 16.7. The monoisotopic (exact) mass is 402 g/mol. The molecule has 1 aliphatic carbocycles. The summed E-state index contributed by atoms with van der Waals surface area (Å²) < 4.78 is 21.8. The van der Waals surface area contributed by atoms with Gasteiger partial charge in [-0.2, -0.15) is 5.10 Å². The summed E-state index contributed by atoms with van der Waals surface area (Å²) in [6.07, 6.45) is 6.08. The van der Waals surface area contributed by atoms with Gasteiger partial charge in [0.15, 0.2) is 6.61 Å². The second-order valence-corrected chi connectivity index (χ2v) is 7.99. The van der Waals surface area contributed by atoms with E-state index in [1.54, 1.807) is 11.9 Å². The maximum atomic E-state index is 13.0. The fourth-order valence-electron chi connectivity index (χ4n) is 4.46. The predicted molar refractivity (Wildman–Crippen MR) is 105 cm³/mol. The Morgan fingerprint density at radius 3 is 2.62 bits per heavy atom. The molecular formula is C21H27FN4O3. The number of nitrogens with zero attached hydrogens (tertiary/aromatic N) is 4. The number of aryl methyl sites for hydroxylation is 1. The molecule has 7 nitrogen and oxygen atoms in total. The van der Waals surface area contributed by atoms with Gasteiger partial charge in [0.2, 0.25) is 0 Å². The number of hydrogen-bond donors (Lipinski definition) is 0. The van der Waals surface area contributed by atoms with Gasteiger partial charge >= 0.3 is 5.69 Å². The largest absolute Gasteiger partial charge is 0.484 e. The Balaban J connectivity index is 1.44. The lowest BCUT2D eigenvalue weighted by atomic mass is 9.96. The van der Waals surface area contributed by atoms with Crippen LogP contribution in [-0.4, -0.2) is 44.9 Å². The molecule has 1 unspecified atom stereocenters. The summed E-state index contributed by atoms with van der Waals surface area (Å²) in [4.78, 5) is 27.1. The maximum Gasteiger partial charge on any atom is 0.345 e. The number of carbonyl (C=O) groups excluding carboxylic acids is 1. The second kappa shape index (κ2) is 8.39. The van der Waals surface area contributed by atoms with E-state index in [9.17, 15) is 14.0 Å². The van der Waals surface area contributed by atoms with Crippen LogP contribution in [-0.2, 0) is 11.8 Å². The minimum Gasteiger partial charge on any atom is -0.484 e. The number of benzene rings is 1. The van der Waals surface area contributed by atoms with Gasteiger partial charge in [-0.1, -0.05) is 12.8 Å². The first-order valence-corrected chi connectivity index (χ1v) is 10.3. The fraction of sp³-hybridized carbons (Fsp3) is 0.571. The smallest absolute Gasteiger partial charge is 0.345 e. The molecule has 1 aromatic heterocycles. The molecule has 2 aromatic rings. The van der Waals surface area contributed by atoms with Crippen molar-refractivity contribution in [2.45, 2.75) is 50.5 Å². The summed E-state index contributed by atoms with van der Waals surface area (Å²) in [6, 6.07) is 5.85. The molecule has 1 aromatic carbocycles. The van der Waals surface area contributed by atoms with E-state index in [-0.39, 0.29) is 36.0 Å². The van der Waals surface area contributed by atoms with Gasteiger partial charge in [-0.25, -0.2) is 13.9 Å². The average Bonchev–Trinajstić information content (AvgIpc) is 3.36. The topological polar surface area (TPSA) is 69.4 Å². The third-order valence-corrected chi connectivity index (χ3v) is 5.99. The third-order valence-electron chi connectivity index (χ3n) is 5.99. The summed E-state index contributed by atoms with van der Waals surface area (Å²) in [6.45, 7) is 1.12. The van der Waals surface area contributed by atoms with Crippen LogP contribution >= 0.6 is 0 Å². The standard InChI is InChI=1S/C21H27FN4O3/c1-24-21(28)26(17-6-2-3-7-17)20(23-24)15-5-4-12-25(13-15)19(27)14-29-18-10-8-16(22)9-11-18/h8-11,15,17H,2-7,12-14H2,1H3. The quantitative estimate of drug-likeness (QED) is 0.771. The number of aromatic nitrogens is 3. The van der Waals surface area contributed by atoms with Crippen LogP contribution < -0.4 is 10.4 Å². The number of amides is 1. The summed E-state index contributed by atoms with van der Waals surface area (Å²) in [5.41, 5.74) is -0.0602. The molecular weight excluding hydrogens is 375 g/mol. The van der Waals surface area contributed by atoms with Crippen LogP contribution in [0.25, 0.3) is 0 Å². The molecule has 2 fully saturated rings. The zero-order chi connectivity index (χ0) is 20.4. The van der Waals surface area contributed by atoms with Gasteiger partial charge in [0, 0.05) is 32.1 Å². The van der Waals surface area contributed by atoms with E-state index in [1.807, 2.05) is 4.57 Å². The number of ether oxygens (including phenoxy) is 1. The van der Waals surface area contributed by atoms with E-state index in [2.05, 4.69) is 5.10 Å². The molecule has 1 saturated heterocycles. The Morgan fingerprint density at radius 2 is 1.90 bits per heavy atom. The molecule has 156 valence electrons. The number of carbonyl (C=O) groups is 1. The van der Waals surface area contributed by atoms with Gasteiger partial charge < -0.3 is 9.64 Å². The average molecular weight is 402 g/mol. The molecule has 2 heterocycles. The third kappa shape index (κ3) is 4.21. The molecule has 0 spiro atoms. The molecule has 1 amide bonds. The van der Waals surface area contributed by atoms with Gasteiger partial charge in [-0.15, -0.1) is 0 Å². The highest BCUT2D eigenvalue weighted by molar-refractivity contribution is 5.78. The van der Waals surface area contributed by atoms with Gasteiger partial charge in [-0.3, -0.25) is 9.36 Å². The summed E-state index contributed by atoms with van der Waals surface area (Å²) in [5, 5.41) is 4.54. The van der Waals surface area contributed by atoms with Gasteiger partial charge in [-0.05, 0) is 49.9 Å². The van der Waals surface area contributed by atoms with Crippen LogP contribution in [0.4, 0.5) is 4.39 Å². The van der Waals surface area contributed by atoms with Crippen molar-refractivity contribution in [3.63, 3.8) is 0 Å². The first-order chi connectivity index (χ1) is 14.0. The highest BCUT2D eigenvalue weighted by atomic mass is 19.1. The van der Waals surface area contributed by atoms with Crippen molar-refractivity contribution >= 4 is 5.91 Å². The van der Waals surface area contributed by atoms with Crippen molar-refractivity contribution in [1.29, 1.82) is 0 Å². The lowest BCUT2D eigenvalue weighted by Crippen LogP contribution is -2.42. The van der Waals surface area contributed by atoms with E-state index < -0.39 is 0 Å². The number of halogens is 1. The van der Waals surface area contributed by atoms with Crippen LogP contribution in [0, 0.1) is 5.82 Å². The minimum atomic E-state index is -0.341. The highest BCUT2D eigenvalue weighted by Crippen LogP contribution is 2.33. The SMILES string of the molecule is Cn1nc(C2CCCN(C(=O)COc3ccc(F)cc3)C2)n(C2CCCC2)c1=O. The normalized spacial score (nSPS) is 20.2. The first-order valence-electron chi connectivity index (χ1n) is 10.3. The molecule has 8 heteroatoms. The van der Waals surface area contributed by atoms with E-state index in [1.165, 1.54) is 28.9 Å². The number of rotatable bonds is 5. The zero-order valence-electron chi connectivity index (χ0n) is 16.7. The Hall–Kier alpha value is -2.64. The van der Waals surface area contributed by atoms with Crippen LogP contribution in [0.2, 0.25) is 0 Å². The molecule has 2 aliphatic rings. The van der Waals surface area contributed by atoms with Crippen molar-refractivity contribution < 1.29 is 13.9 Å². The van der Waals surface area contributed by atoms with Gasteiger partial charge in [0.1, 0.15) is 17.4 Å². The van der Waals surface area contributed by atoms with Gasteiger partial charge in [0.25, 0.3) is 5.91 Å². The van der Waals surface area contributed by atoms with Crippen molar-refractivity contribution in [2.75, 3.05) is 19.7 Å². The van der Waals surface area contributed by atoms with Crippen LogP contribution in [0.3, 0.4) is 0 Å². The van der Waals surface area contributed by atoms with E-state index in [4.69, 9.17) is 4.74 Å². The maximum absolute atomic E-state index is 13.0. The number of piperidine rings is 1. The van der Waals surface area contributed by atoms with Crippen LogP contribution in [0.5, 0.6) is 5.75 Å². The van der Waals surface area contributed by atoms with E-state index >= 15 is 0 Å². The Morgan fingerprint density at radius 1 is 1.17 bits per heavy atom. The lowest BCUT2D eigenvalue weighted by Gasteiger charge is -2.32. The predicted octanol–water partition coefficient (Wildman–Crippen LogP) is 2.62. The fourth-order valence-corrected chi connectivity index (χ4v) is 4.46. The summed E-state index contributed by atoms with van der Waals surface area (Å²) >= 11 is 0. The Labute approximate surface area is 169 Å². The van der Waals surface area contributed by atoms with Crippen molar-refractivity contribution in [2.24, 2.45) is 7.05 Å². The summed E-state index contributed by atoms with van der Waals surface area (Å²) in [5.74, 6) is 0.874. The van der Waals surface area contributed by atoms with Crippen LogP contribution in [0.15, 0.2) is 29.1 Å². The minimum absolute atomic E-state index is 0.0491. The number of likely N-dealkylation sites (tertiary alicyclic amines) is 1. The summed E-state index contributed by atoms with van der Waals surface area (Å²) in [7, 11) is 1.69. The first kappa shape index (κ1) is 19.7. The molecule has 1 atom stereocenters. The van der Waals surface area contributed by atoms with Crippen molar-refractivity contribution in [3.05, 3.63) is 46.4 Å². The Kier molecular flexibility index (Phi) is 5.69. The molecule has 1 aliphatic heterocycles. The molecule has 4 rings (SSSR count). The van der Waals surface area contributed by atoms with Crippen molar-refractivity contribution in [3.8, 4) is 5.75 Å². The molecule has 29 heavy (non-hydrogen) atoms. The molecule has 0 radical (unpaired) electrons. The Bertz CT molecular complexity index is 915. The lowest BCUT2D eigenvalue weighted by molar-refractivity contribution is -0.134. The van der Waals surface area contributed by atoms with Crippen molar-refractivity contribution in [1.82, 2.24) is 19.2 Å². The van der Waals surface area contributed by atoms with E-state index in [0.29, 0.717) is 18.8 Å². The molecule has 0 N–H and O–H groups in total. The van der Waals surface area contributed by atoms with Crippen LogP contribution in [0.1, 0.15) is 56.3 Å². The van der Waals surface area contributed by atoms with Gasteiger partial charge in [0.05, 0.1) is 0 Å². The molecule has 1 saturated carbocycles. The second-order valence-electron chi connectivity index (χ2n) is 7.99. The highest BCUT2D eigenvalue weighted by Gasteiger charge is 2.32.